The summed E-state index contributed by atoms with van der Waals surface area (Å²) in [6, 6.07) is 20.1. The van der Waals surface area contributed by atoms with Crippen LogP contribution >= 0.6 is 11.3 Å². The number of aryl methyl sites for hydroxylation is 2. The van der Waals surface area contributed by atoms with Gasteiger partial charge in [-0.3, -0.25) is 9.48 Å². The van der Waals surface area contributed by atoms with E-state index in [0.29, 0.717) is 17.8 Å². The van der Waals surface area contributed by atoms with E-state index in [9.17, 15) is 4.79 Å². The molecule has 28 heavy (non-hydrogen) atoms. The van der Waals surface area contributed by atoms with Gasteiger partial charge in [0.15, 0.2) is 0 Å². The molecule has 0 saturated heterocycles. The van der Waals surface area contributed by atoms with E-state index in [4.69, 9.17) is 5.10 Å². The highest BCUT2D eigenvalue weighted by Gasteiger charge is 2.19. The minimum atomic E-state index is -0.144. The highest BCUT2D eigenvalue weighted by molar-refractivity contribution is 7.13. The molecule has 0 saturated carbocycles. The van der Waals surface area contributed by atoms with Gasteiger partial charge in [0, 0.05) is 11.9 Å². The van der Waals surface area contributed by atoms with Gasteiger partial charge < -0.3 is 5.32 Å². The minimum Gasteiger partial charge on any atom is -0.322 e. The molecule has 2 aromatic heterocycles. The zero-order valence-corrected chi connectivity index (χ0v) is 16.7. The van der Waals surface area contributed by atoms with Gasteiger partial charge in [-0.2, -0.15) is 5.10 Å². The van der Waals surface area contributed by atoms with Crippen molar-refractivity contribution in [2.24, 2.45) is 0 Å². The van der Waals surface area contributed by atoms with Gasteiger partial charge in [0.25, 0.3) is 5.91 Å². The van der Waals surface area contributed by atoms with E-state index in [1.807, 2.05) is 72.6 Å². The summed E-state index contributed by atoms with van der Waals surface area (Å²) in [6.07, 6.45) is 1.83. The van der Waals surface area contributed by atoms with Crippen LogP contribution in [0.5, 0.6) is 0 Å². The Morgan fingerprint density at radius 3 is 2.61 bits per heavy atom. The van der Waals surface area contributed by atoms with Crippen LogP contribution in [0.3, 0.4) is 0 Å². The van der Waals surface area contributed by atoms with E-state index in [-0.39, 0.29) is 5.91 Å². The van der Waals surface area contributed by atoms with E-state index in [2.05, 4.69) is 23.5 Å². The maximum absolute atomic E-state index is 13.1. The van der Waals surface area contributed by atoms with E-state index in [1.165, 1.54) is 5.56 Å². The Balaban J connectivity index is 1.67. The fraction of sp³-hybridized carbons (Fsp3) is 0.130. The number of anilines is 1. The molecule has 0 unspecified atom stereocenters. The molecule has 2 aromatic carbocycles. The smallest absolute Gasteiger partial charge is 0.259 e. The van der Waals surface area contributed by atoms with Gasteiger partial charge in [-0.1, -0.05) is 54.1 Å². The normalized spacial score (nSPS) is 10.8. The molecule has 5 heteroatoms. The van der Waals surface area contributed by atoms with E-state index in [1.54, 1.807) is 11.3 Å². The largest absolute Gasteiger partial charge is 0.322 e. The Bertz CT molecular complexity index is 1100. The first-order valence-corrected chi connectivity index (χ1v) is 10.0. The van der Waals surface area contributed by atoms with Gasteiger partial charge in [0.05, 0.1) is 17.0 Å². The average Bonchev–Trinajstić information content (AvgIpc) is 3.34. The monoisotopic (exact) mass is 387 g/mol. The summed E-state index contributed by atoms with van der Waals surface area (Å²) in [5.41, 5.74) is 5.48. The Morgan fingerprint density at radius 2 is 1.89 bits per heavy atom. The van der Waals surface area contributed by atoms with E-state index in [0.717, 1.165) is 21.7 Å². The lowest BCUT2D eigenvalue weighted by molar-refractivity contribution is 0.102. The quantitative estimate of drug-likeness (QED) is 0.489. The van der Waals surface area contributed by atoms with Crippen molar-refractivity contribution in [2.45, 2.75) is 20.4 Å². The van der Waals surface area contributed by atoms with E-state index < -0.39 is 0 Å². The Morgan fingerprint density at radius 1 is 1.07 bits per heavy atom. The Hall–Kier alpha value is -3.18. The van der Waals surface area contributed by atoms with Crippen molar-refractivity contribution in [2.75, 3.05) is 5.32 Å². The molecule has 0 fully saturated rings. The number of rotatable bonds is 5. The first-order chi connectivity index (χ1) is 13.6. The molecule has 0 atom stereocenters. The van der Waals surface area contributed by atoms with Gasteiger partial charge in [-0.15, -0.1) is 11.3 Å². The molecule has 4 aromatic rings. The molecule has 140 valence electrons. The number of amides is 1. The number of hydrogen-bond donors (Lipinski definition) is 1. The lowest BCUT2D eigenvalue weighted by atomic mass is 10.1. The number of benzene rings is 2. The van der Waals surface area contributed by atoms with Crippen LogP contribution in [0.25, 0.3) is 10.6 Å². The van der Waals surface area contributed by atoms with Crippen LogP contribution in [0.2, 0.25) is 0 Å². The van der Waals surface area contributed by atoms with Crippen LogP contribution in [0.4, 0.5) is 5.69 Å². The lowest BCUT2D eigenvalue weighted by Crippen LogP contribution is -2.13. The molecule has 0 aliphatic rings. The fourth-order valence-corrected chi connectivity index (χ4v) is 3.90. The topological polar surface area (TPSA) is 46.9 Å². The summed E-state index contributed by atoms with van der Waals surface area (Å²) < 4.78 is 1.83. The van der Waals surface area contributed by atoms with Crippen LogP contribution in [0.15, 0.2) is 72.2 Å². The molecule has 0 aliphatic carbocycles. The van der Waals surface area contributed by atoms with Gasteiger partial charge in [0.2, 0.25) is 0 Å². The summed E-state index contributed by atoms with van der Waals surface area (Å²) >= 11 is 1.58. The van der Waals surface area contributed by atoms with Crippen LogP contribution in [0, 0.1) is 13.8 Å². The van der Waals surface area contributed by atoms with Crippen LogP contribution in [0.1, 0.15) is 27.0 Å². The average molecular weight is 388 g/mol. The highest BCUT2D eigenvalue weighted by Crippen LogP contribution is 2.28. The zero-order valence-electron chi connectivity index (χ0n) is 15.8. The van der Waals surface area contributed by atoms with Crippen molar-refractivity contribution in [1.82, 2.24) is 9.78 Å². The molecule has 2 heterocycles. The van der Waals surface area contributed by atoms with Gasteiger partial charge in [0.1, 0.15) is 5.69 Å². The number of aromatic nitrogens is 2. The maximum atomic E-state index is 13.1. The molecule has 0 bridgehead atoms. The number of carbonyl (C=O) groups is 1. The van der Waals surface area contributed by atoms with Gasteiger partial charge in [-0.25, -0.2) is 0 Å². The van der Waals surface area contributed by atoms with Crippen molar-refractivity contribution in [1.29, 1.82) is 0 Å². The van der Waals surface area contributed by atoms with Crippen molar-refractivity contribution in [3.63, 3.8) is 0 Å². The Kier molecular flexibility index (Phi) is 5.08. The van der Waals surface area contributed by atoms with Crippen molar-refractivity contribution in [3.8, 4) is 10.6 Å². The van der Waals surface area contributed by atoms with Crippen molar-refractivity contribution >= 4 is 22.9 Å². The summed E-state index contributed by atoms with van der Waals surface area (Å²) in [4.78, 5) is 14.1. The molecule has 4 nitrogen and oxygen atoms in total. The summed E-state index contributed by atoms with van der Waals surface area (Å²) in [5.74, 6) is -0.144. The standard InChI is InChI=1S/C23H21N3OS/c1-16-10-11-20(17(2)13-16)24-23(27)19-15-26(14-18-7-4-3-5-8-18)25-22(19)21-9-6-12-28-21/h3-13,15H,14H2,1-2H3,(H,24,27). The van der Waals surface area contributed by atoms with Crippen LogP contribution in [-0.2, 0) is 6.54 Å². The molecule has 1 N–H and O–H groups in total. The second-order valence-electron chi connectivity index (χ2n) is 6.82. The van der Waals surface area contributed by atoms with Crippen molar-refractivity contribution in [3.05, 3.63) is 94.5 Å². The highest BCUT2D eigenvalue weighted by atomic mass is 32.1. The predicted octanol–water partition coefficient (Wildman–Crippen LogP) is 5.53. The molecular formula is C23H21N3OS. The first-order valence-electron chi connectivity index (χ1n) is 9.14. The number of thiophene rings is 1. The molecular weight excluding hydrogens is 366 g/mol. The van der Waals surface area contributed by atoms with Gasteiger partial charge >= 0.3 is 0 Å². The van der Waals surface area contributed by atoms with Crippen LogP contribution in [-0.4, -0.2) is 15.7 Å². The second kappa shape index (κ2) is 7.82. The first kappa shape index (κ1) is 18.2. The predicted molar refractivity (Wildman–Crippen MR) is 115 cm³/mol. The summed E-state index contributed by atoms with van der Waals surface area (Å²) in [7, 11) is 0. The van der Waals surface area contributed by atoms with Crippen LogP contribution < -0.4 is 5.32 Å². The fourth-order valence-electron chi connectivity index (χ4n) is 3.18. The molecule has 0 spiro atoms. The number of nitrogens with one attached hydrogen (secondary N) is 1. The van der Waals surface area contributed by atoms with E-state index >= 15 is 0 Å². The number of carbonyl (C=O) groups excluding carboxylic acids is 1. The third-order valence-electron chi connectivity index (χ3n) is 4.58. The second-order valence-corrected chi connectivity index (χ2v) is 7.77. The summed E-state index contributed by atoms with van der Waals surface area (Å²) in [6.45, 7) is 4.67. The lowest BCUT2D eigenvalue weighted by Gasteiger charge is -2.09. The SMILES string of the molecule is Cc1ccc(NC(=O)c2cn(Cc3ccccc3)nc2-c2cccs2)c(C)c1. The number of hydrogen-bond acceptors (Lipinski definition) is 3. The molecule has 0 aliphatic heterocycles. The summed E-state index contributed by atoms with van der Waals surface area (Å²) in [5, 5.41) is 9.76. The third kappa shape index (κ3) is 3.89. The third-order valence-corrected chi connectivity index (χ3v) is 5.45. The molecule has 1 amide bonds. The van der Waals surface area contributed by atoms with Gasteiger partial charge in [-0.05, 0) is 42.5 Å². The van der Waals surface area contributed by atoms with Crippen molar-refractivity contribution < 1.29 is 4.79 Å². The number of nitrogens with zero attached hydrogens (tertiary/aromatic N) is 2. The Labute approximate surface area is 168 Å². The minimum absolute atomic E-state index is 0.144. The molecule has 4 rings (SSSR count). The zero-order chi connectivity index (χ0) is 19.5. The maximum Gasteiger partial charge on any atom is 0.259 e. The molecule has 0 radical (unpaired) electrons.